The van der Waals surface area contributed by atoms with Crippen molar-refractivity contribution in [1.82, 2.24) is 10.1 Å². The smallest absolute Gasteiger partial charge is 0.214 e. The molecule has 0 N–H and O–H groups in total. The Morgan fingerprint density at radius 1 is 1.29 bits per heavy atom. The molecule has 0 atom stereocenters. The lowest BCUT2D eigenvalue weighted by atomic mass is 10.2. The Morgan fingerprint density at radius 3 is 2.71 bits per heavy atom. The molecule has 0 spiro atoms. The van der Waals surface area contributed by atoms with Crippen molar-refractivity contribution in [3.05, 3.63) is 35.2 Å². The Kier molecular flexibility index (Phi) is 2.17. The molecule has 0 fully saturated rings. The minimum Gasteiger partial charge on any atom is -0.342 e. The standard InChI is InChI=1S/C8H3ClF2N2O/c9-4-1-5(7(11)6(10)2-4)8-12-3-14-13-8/h1-3H. The van der Waals surface area contributed by atoms with Crippen LogP contribution in [0.2, 0.25) is 5.02 Å². The monoisotopic (exact) mass is 216 g/mol. The zero-order chi connectivity index (χ0) is 10.1. The fraction of sp³-hybridized carbons (Fsp3) is 0. The Labute approximate surface area is 82.3 Å². The Bertz CT molecular complexity index is 459. The fourth-order valence-electron chi connectivity index (χ4n) is 1.01. The minimum absolute atomic E-state index is 0.0381. The van der Waals surface area contributed by atoms with Crippen LogP contribution >= 0.6 is 11.6 Å². The third kappa shape index (κ3) is 1.46. The van der Waals surface area contributed by atoms with Gasteiger partial charge in [-0.05, 0) is 12.1 Å². The molecule has 0 bridgehead atoms. The zero-order valence-electron chi connectivity index (χ0n) is 6.67. The van der Waals surface area contributed by atoms with Crippen LogP contribution in [0.4, 0.5) is 8.78 Å². The third-order valence-corrected chi connectivity index (χ3v) is 1.81. The highest BCUT2D eigenvalue weighted by molar-refractivity contribution is 6.30. The van der Waals surface area contributed by atoms with Gasteiger partial charge >= 0.3 is 0 Å². The second-order valence-corrected chi connectivity index (χ2v) is 2.94. The van der Waals surface area contributed by atoms with Gasteiger partial charge in [-0.2, -0.15) is 4.98 Å². The van der Waals surface area contributed by atoms with Crippen LogP contribution in [0.25, 0.3) is 11.4 Å². The van der Waals surface area contributed by atoms with Gasteiger partial charge in [-0.15, -0.1) is 0 Å². The molecule has 6 heteroatoms. The molecule has 0 saturated heterocycles. The third-order valence-electron chi connectivity index (χ3n) is 1.60. The molecular formula is C8H3ClF2N2O. The van der Waals surface area contributed by atoms with Gasteiger partial charge in [0, 0.05) is 5.02 Å². The maximum Gasteiger partial charge on any atom is 0.214 e. The molecular weight excluding hydrogens is 214 g/mol. The lowest BCUT2D eigenvalue weighted by Crippen LogP contribution is -1.91. The number of hydrogen-bond donors (Lipinski definition) is 0. The second-order valence-electron chi connectivity index (χ2n) is 2.50. The molecule has 0 saturated carbocycles. The maximum atomic E-state index is 13.2. The highest BCUT2D eigenvalue weighted by atomic mass is 35.5. The first-order chi connectivity index (χ1) is 6.68. The lowest BCUT2D eigenvalue weighted by Gasteiger charge is -1.99. The van der Waals surface area contributed by atoms with Gasteiger partial charge < -0.3 is 4.52 Å². The summed E-state index contributed by atoms with van der Waals surface area (Å²) in [5.74, 6) is -2.13. The van der Waals surface area contributed by atoms with E-state index in [9.17, 15) is 8.78 Å². The summed E-state index contributed by atoms with van der Waals surface area (Å²) in [4.78, 5) is 3.59. The first-order valence-corrected chi connectivity index (χ1v) is 3.97. The van der Waals surface area contributed by atoms with E-state index >= 15 is 0 Å². The number of rotatable bonds is 1. The highest BCUT2D eigenvalue weighted by Gasteiger charge is 2.14. The number of aromatic nitrogens is 2. The maximum absolute atomic E-state index is 13.2. The molecule has 2 rings (SSSR count). The van der Waals surface area contributed by atoms with Crippen molar-refractivity contribution in [1.29, 1.82) is 0 Å². The molecule has 3 nitrogen and oxygen atoms in total. The summed E-state index contributed by atoms with van der Waals surface area (Å²) in [7, 11) is 0. The van der Waals surface area contributed by atoms with Gasteiger partial charge in [0.2, 0.25) is 12.2 Å². The summed E-state index contributed by atoms with van der Waals surface area (Å²) in [6, 6.07) is 2.10. The average molecular weight is 217 g/mol. The predicted molar refractivity (Wildman–Crippen MR) is 44.7 cm³/mol. The van der Waals surface area contributed by atoms with E-state index in [-0.39, 0.29) is 16.4 Å². The van der Waals surface area contributed by atoms with Gasteiger partial charge in [0.05, 0.1) is 5.56 Å². The molecule has 0 aliphatic heterocycles. The predicted octanol–water partition coefficient (Wildman–Crippen LogP) is 2.67. The van der Waals surface area contributed by atoms with E-state index in [0.717, 1.165) is 12.5 Å². The van der Waals surface area contributed by atoms with E-state index in [1.54, 1.807) is 0 Å². The summed E-state index contributed by atoms with van der Waals surface area (Å²) in [5, 5.41) is 3.45. The van der Waals surface area contributed by atoms with Crippen molar-refractivity contribution in [2.75, 3.05) is 0 Å². The number of benzene rings is 1. The quantitative estimate of drug-likeness (QED) is 0.688. The van der Waals surface area contributed by atoms with Gasteiger partial charge in [0.25, 0.3) is 0 Å². The average Bonchev–Trinajstić information content (AvgIpc) is 2.63. The van der Waals surface area contributed by atoms with Gasteiger partial charge in [0.15, 0.2) is 11.6 Å². The zero-order valence-corrected chi connectivity index (χ0v) is 7.42. The summed E-state index contributed by atoms with van der Waals surface area (Å²) >= 11 is 5.55. The minimum atomic E-state index is -1.05. The second kappa shape index (κ2) is 3.34. The van der Waals surface area contributed by atoms with Crippen LogP contribution in [-0.4, -0.2) is 10.1 Å². The number of halogens is 3. The lowest BCUT2D eigenvalue weighted by molar-refractivity contribution is 0.418. The van der Waals surface area contributed by atoms with E-state index in [0.29, 0.717) is 0 Å². The van der Waals surface area contributed by atoms with E-state index in [1.165, 1.54) is 6.07 Å². The normalized spacial score (nSPS) is 10.5. The van der Waals surface area contributed by atoms with Gasteiger partial charge in [-0.3, -0.25) is 0 Å². The Balaban J connectivity index is 2.64. The van der Waals surface area contributed by atoms with E-state index in [4.69, 9.17) is 11.6 Å². The molecule has 1 heterocycles. The van der Waals surface area contributed by atoms with E-state index in [1.807, 2.05) is 0 Å². The van der Waals surface area contributed by atoms with Crippen LogP contribution < -0.4 is 0 Å². The molecule has 14 heavy (non-hydrogen) atoms. The first kappa shape index (κ1) is 9.08. The van der Waals surface area contributed by atoms with E-state index in [2.05, 4.69) is 14.7 Å². The molecule has 0 aliphatic rings. The fourth-order valence-corrected chi connectivity index (χ4v) is 1.21. The van der Waals surface area contributed by atoms with Crippen LogP contribution in [0.3, 0.4) is 0 Å². The molecule has 0 unspecified atom stereocenters. The van der Waals surface area contributed by atoms with Crippen LogP contribution in [0.1, 0.15) is 0 Å². The topological polar surface area (TPSA) is 38.9 Å². The van der Waals surface area contributed by atoms with Crippen molar-refractivity contribution >= 4 is 11.6 Å². The van der Waals surface area contributed by atoms with Crippen molar-refractivity contribution in [2.45, 2.75) is 0 Å². The Morgan fingerprint density at radius 2 is 2.07 bits per heavy atom. The number of hydrogen-bond acceptors (Lipinski definition) is 3. The molecule has 1 aromatic heterocycles. The van der Waals surface area contributed by atoms with Crippen LogP contribution in [0, 0.1) is 11.6 Å². The van der Waals surface area contributed by atoms with Gasteiger partial charge in [-0.25, -0.2) is 8.78 Å². The van der Waals surface area contributed by atoms with Gasteiger partial charge in [0.1, 0.15) is 0 Å². The molecule has 0 amide bonds. The van der Waals surface area contributed by atoms with Crippen molar-refractivity contribution in [3.63, 3.8) is 0 Å². The van der Waals surface area contributed by atoms with Crippen LogP contribution in [0.15, 0.2) is 23.0 Å². The molecule has 0 radical (unpaired) electrons. The largest absolute Gasteiger partial charge is 0.342 e. The van der Waals surface area contributed by atoms with Crippen molar-refractivity contribution in [2.24, 2.45) is 0 Å². The van der Waals surface area contributed by atoms with Crippen molar-refractivity contribution < 1.29 is 13.3 Å². The number of nitrogens with zero attached hydrogens (tertiary/aromatic N) is 2. The Hall–Kier alpha value is -1.49. The van der Waals surface area contributed by atoms with Gasteiger partial charge in [-0.1, -0.05) is 16.8 Å². The summed E-state index contributed by atoms with van der Waals surface area (Å²) in [5.41, 5.74) is -0.122. The summed E-state index contributed by atoms with van der Waals surface area (Å²) in [6.07, 6.45) is 1.02. The SMILES string of the molecule is Fc1cc(Cl)cc(-c2ncon2)c1F. The van der Waals surface area contributed by atoms with Crippen LogP contribution in [0.5, 0.6) is 0 Å². The molecule has 0 aliphatic carbocycles. The molecule has 2 aromatic rings. The van der Waals surface area contributed by atoms with Crippen molar-refractivity contribution in [3.8, 4) is 11.4 Å². The first-order valence-electron chi connectivity index (χ1n) is 3.60. The molecule has 72 valence electrons. The summed E-state index contributed by atoms with van der Waals surface area (Å²) in [6.45, 7) is 0. The van der Waals surface area contributed by atoms with Crippen LogP contribution in [-0.2, 0) is 0 Å². The summed E-state index contributed by atoms with van der Waals surface area (Å²) < 4.78 is 30.5. The molecule has 1 aromatic carbocycles. The highest BCUT2D eigenvalue weighted by Crippen LogP contribution is 2.25. The van der Waals surface area contributed by atoms with E-state index < -0.39 is 11.6 Å².